The van der Waals surface area contributed by atoms with Crippen molar-refractivity contribution in [1.82, 2.24) is 0 Å². The number of benzene rings is 2. The van der Waals surface area contributed by atoms with Crippen LogP contribution in [0.5, 0.6) is 5.75 Å². The number of phenols is 1. The van der Waals surface area contributed by atoms with Crippen molar-refractivity contribution in [2.45, 2.75) is 31.8 Å². The molecule has 0 heterocycles. The normalized spacial score (nSPS) is 21.4. The SMILES string of the molecule is Cc1ccc2c(c1)C(O)(Cc1cccc(O)c1)CC2. The summed E-state index contributed by atoms with van der Waals surface area (Å²) in [6, 6.07) is 13.5. The molecular weight excluding hydrogens is 236 g/mol. The van der Waals surface area contributed by atoms with E-state index in [1.165, 1.54) is 11.1 Å². The highest BCUT2D eigenvalue weighted by molar-refractivity contribution is 5.41. The molecule has 1 unspecified atom stereocenters. The van der Waals surface area contributed by atoms with Gasteiger partial charge >= 0.3 is 0 Å². The molecule has 0 aromatic heterocycles. The van der Waals surface area contributed by atoms with Crippen LogP contribution in [0.25, 0.3) is 0 Å². The van der Waals surface area contributed by atoms with Gasteiger partial charge in [0.25, 0.3) is 0 Å². The quantitative estimate of drug-likeness (QED) is 0.864. The van der Waals surface area contributed by atoms with Gasteiger partial charge in [-0.3, -0.25) is 0 Å². The van der Waals surface area contributed by atoms with Gasteiger partial charge in [0, 0.05) is 6.42 Å². The van der Waals surface area contributed by atoms with E-state index in [-0.39, 0.29) is 5.75 Å². The van der Waals surface area contributed by atoms with Crippen molar-refractivity contribution in [3.05, 3.63) is 64.7 Å². The van der Waals surface area contributed by atoms with Crippen molar-refractivity contribution < 1.29 is 10.2 Å². The van der Waals surface area contributed by atoms with E-state index in [1.807, 2.05) is 19.1 Å². The summed E-state index contributed by atoms with van der Waals surface area (Å²) in [6.07, 6.45) is 2.23. The van der Waals surface area contributed by atoms with Gasteiger partial charge in [-0.1, -0.05) is 35.9 Å². The second-order valence-corrected chi connectivity index (χ2v) is 5.54. The molecule has 2 N–H and O–H groups in total. The van der Waals surface area contributed by atoms with Gasteiger partial charge in [0.2, 0.25) is 0 Å². The van der Waals surface area contributed by atoms with Crippen molar-refractivity contribution in [2.75, 3.05) is 0 Å². The van der Waals surface area contributed by atoms with E-state index in [4.69, 9.17) is 0 Å². The van der Waals surface area contributed by atoms with Gasteiger partial charge in [-0.2, -0.15) is 0 Å². The van der Waals surface area contributed by atoms with E-state index in [0.717, 1.165) is 24.0 Å². The van der Waals surface area contributed by atoms with Crippen LogP contribution < -0.4 is 0 Å². The zero-order valence-corrected chi connectivity index (χ0v) is 11.1. The minimum atomic E-state index is -0.796. The maximum absolute atomic E-state index is 10.9. The second kappa shape index (κ2) is 4.39. The number of aryl methyl sites for hydroxylation is 2. The molecule has 98 valence electrons. The Kier molecular flexibility index (Phi) is 2.83. The van der Waals surface area contributed by atoms with Gasteiger partial charge in [0.05, 0.1) is 5.60 Å². The van der Waals surface area contributed by atoms with Crippen LogP contribution in [0.4, 0.5) is 0 Å². The lowest BCUT2D eigenvalue weighted by molar-refractivity contribution is 0.0389. The molecule has 2 aromatic rings. The Morgan fingerprint density at radius 1 is 1.16 bits per heavy atom. The third-order valence-electron chi connectivity index (χ3n) is 3.98. The molecule has 1 atom stereocenters. The lowest BCUT2D eigenvalue weighted by Crippen LogP contribution is -2.25. The van der Waals surface area contributed by atoms with Crippen molar-refractivity contribution in [2.24, 2.45) is 0 Å². The maximum Gasteiger partial charge on any atom is 0.115 e. The third kappa shape index (κ3) is 2.24. The molecule has 1 aliphatic rings. The first-order valence-electron chi connectivity index (χ1n) is 6.67. The molecule has 2 nitrogen and oxygen atoms in total. The Morgan fingerprint density at radius 3 is 2.79 bits per heavy atom. The topological polar surface area (TPSA) is 40.5 Å². The molecule has 0 saturated heterocycles. The number of aliphatic hydroxyl groups is 1. The fourth-order valence-corrected chi connectivity index (χ4v) is 3.01. The fourth-order valence-electron chi connectivity index (χ4n) is 3.01. The van der Waals surface area contributed by atoms with Crippen LogP contribution >= 0.6 is 0 Å². The minimum Gasteiger partial charge on any atom is -0.508 e. The molecule has 1 aliphatic carbocycles. The molecule has 0 spiro atoms. The molecule has 3 rings (SSSR count). The molecule has 2 aromatic carbocycles. The van der Waals surface area contributed by atoms with E-state index in [0.29, 0.717) is 6.42 Å². The molecule has 0 radical (unpaired) electrons. The predicted octanol–water partition coefficient (Wildman–Crippen LogP) is 3.08. The second-order valence-electron chi connectivity index (χ2n) is 5.54. The third-order valence-corrected chi connectivity index (χ3v) is 3.98. The summed E-state index contributed by atoms with van der Waals surface area (Å²) in [4.78, 5) is 0. The highest BCUT2D eigenvalue weighted by Crippen LogP contribution is 2.40. The Morgan fingerprint density at radius 2 is 2.00 bits per heavy atom. The molecule has 2 heteroatoms. The summed E-state index contributed by atoms with van der Waals surface area (Å²) in [5.41, 5.74) is 3.64. The molecule has 0 amide bonds. The van der Waals surface area contributed by atoms with Gasteiger partial charge < -0.3 is 10.2 Å². The summed E-state index contributed by atoms with van der Waals surface area (Å²) in [5.74, 6) is 0.253. The van der Waals surface area contributed by atoms with E-state index in [2.05, 4.69) is 18.2 Å². The largest absolute Gasteiger partial charge is 0.508 e. The molecule has 0 aliphatic heterocycles. The van der Waals surface area contributed by atoms with Gasteiger partial charge in [0.15, 0.2) is 0 Å². The first-order chi connectivity index (χ1) is 9.07. The number of hydrogen-bond donors (Lipinski definition) is 2. The minimum absolute atomic E-state index is 0.253. The van der Waals surface area contributed by atoms with Crippen LogP contribution in [-0.2, 0) is 18.4 Å². The van der Waals surface area contributed by atoms with Crippen molar-refractivity contribution >= 4 is 0 Å². The summed E-state index contributed by atoms with van der Waals surface area (Å²) in [6.45, 7) is 2.05. The maximum atomic E-state index is 10.9. The summed E-state index contributed by atoms with van der Waals surface area (Å²) < 4.78 is 0. The zero-order chi connectivity index (χ0) is 13.5. The van der Waals surface area contributed by atoms with E-state index >= 15 is 0 Å². The van der Waals surface area contributed by atoms with Crippen LogP contribution in [0.1, 0.15) is 28.7 Å². The van der Waals surface area contributed by atoms with E-state index < -0.39 is 5.60 Å². The monoisotopic (exact) mass is 254 g/mol. The average molecular weight is 254 g/mol. The smallest absolute Gasteiger partial charge is 0.115 e. The van der Waals surface area contributed by atoms with Gasteiger partial charge in [-0.25, -0.2) is 0 Å². The zero-order valence-electron chi connectivity index (χ0n) is 11.1. The summed E-state index contributed by atoms with van der Waals surface area (Å²) in [7, 11) is 0. The van der Waals surface area contributed by atoms with Crippen molar-refractivity contribution in [3.8, 4) is 5.75 Å². The number of fused-ring (bicyclic) bond motifs is 1. The van der Waals surface area contributed by atoms with Gasteiger partial charge in [0.1, 0.15) is 5.75 Å². The standard InChI is InChI=1S/C17H18O2/c1-12-5-6-14-7-8-17(19,16(14)9-12)11-13-3-2-4-15(18)10-13/h2-6,9-10,18-19H,7-8,11H2,1H3. The van der Waals surface area contributed by atoms with Crippen LogP contribution in [0.15, 0.2) is 42.5 Å². The molecular formula is C17H18O2. The van der Waals surface area contributed by atoms with Crippen LogP contribution in [0.3, 0.4) is 0 Å². The summed E-state index contributed by atoms with van der Waals surface area (Å²) in [5, 5.41) is 20.5. The molecule has 0 bridgehead atoms. The highest BCUT2D eigenvalue weighted by atomic mass is 16.3. The van der Waals surface area contributed by atoms with Crippen LogP contribution in [0, 0.1) is 6.92 Å². The number of aromatic hydroxyl groups is 1. The molecule has 19 heavy (non-hydrogen) atoms. The number of hydrogen-bond acceptors (Lipinski definition) is 2. The van der Waals surface area contributed by atoms with Crippen LogP contribution in [-0.4, -0.2) is 10.2 Å². The first kappa shape index (κ1) is 12.2. The lowest BCUT2D eigenvalue weighted by atomic mass is 9.88. The van der Waals surface area contributed by atoms with E-state index in [1.54, 1.807) is 12.1 Å². The number of rotatable bonds is 2. The van der Waals surface area contributed by atoms with E-state index in [9.17, 15) is 10.2 Å². The predicted molar refractivity (Wildman–Crippen MR) is 75.2 cm³/mol. The highest BCUT2D eigenvalue weighted by Gasteiger charge is 2.36. The van der Waals surface area contributed by atoms with Crippen LogP contribution in [0.2, 0.25) is 0 Å². The van der Waals surface area contributed by atoms with Crippen molar-refractivity contribution in [3.63, 3.8) is 0 Å². The summed E-state index contributed by atoms with van der Waals surface area (Å²) >= 11 is 0. The molecule has 0 saturated carbocycles. The van der Waals surface area contributed by atoms with Crippen molar-refractivity contribution in [1.29, 1.82) is 0 Å². The molecule has 0 fully saturated rings. The Hall–Kier alpha value is -1.80. The average Bonchev–Trinajstić information content (AvgIpc) is 2.67. The van der Waals surface area contributed by atoms with Gasteiger partial charge in [-0.05, 0) is 48.6 Å². The Labute approximate surface area is 113 Å². The lowest BCUT2D eigenvalue weighted by Gasteiger charge is -2.24. The Balaban J connectivity index is 1.96. The Bertz CT molecular complexity index is 618. The number of phenolic OH excluding ortho intramolecular Hbond substituents is 1. The van der Waals surface area contributed by atoms with Gasteiger partial charge in [-0.15, -0.1) is 0 Å². The first-order valence-corrected chi connectivity index (χ1v) is 6.67. The fraction of sp³-hybridized carbons (Fsp3) is 0.294.